The van der Waals surface area contributed by atoms with Gasteiger partial charge < -0.3 is 5.73 Å². The lowest BCUT2D eigenvalue weighted by molar-refractivity contribution is 1.25. The average Bonchev–Trinajstić information content (AvgIpc) is 2.20. The molecule has 1 rings (SSSR count). The summed E-state index contributed by atoms with van der Waals surface area (Å²) in [6.45, 7) is 2.02. The predicted octanol–water partition coefficient (Wildman–Crippen LogP) is 2.09. The van der Waals surface area contributed by atoms with Crippen LogP contribution in [0.4, 0.5) is 0 Å². The SMILES string of the molecule is CCS/C(N)=N/N=C\c1ccccc1. The molecule has 0 aliphatic carbocycles. The summed E-state index contributed by atoms with van der Waals surface area (Å²) in [7, 11) is 0. The van der Waals surface area contributed by atoms with Gasteiger partial charge in [-0.2, -0.15) is 5.10 Å². The van der Waals surface area contributed by atoms with Crippen molar-refractivity contribution < 1.29 is 0 Å². The highest BCUT2D eigenvalue weighted by molar-refractivity contribution is 8.13. The summed E-state index contributed by atoms with van der Waals surface area (Å²) >= 11 is 1.48. The zero-order chi connectivity index (χ0) is 10.2. The lowest BCUT2D eigenvalue weighted by Gasteiger charge is -1.92. The van der Waals surface area contributed by atoms with Crippen LogP contribution < -0.4 is 5.73 Å². The highest BCUT2D eigenvalue weighted by Gasteiger charge is 1.87. The number of hydrogen-bond donors (Lipinski definition) is 1. The minimum atomic E-state index is 0.500. The summed E-state index contributed by atoms with van der Waals surface area (Å²) in [5, 5.41) is 8.21. The average molecular weight is 207 g/mol. The second-order valence-corrected chi connectivity index (χ2v) is 3.81. The third-order valence-electron chi connectivity index (χ3n) is 1.45. The maximum atomic E-state index is 5.55. The summed E-state index contributed by atoms with van der Waals surface area (Å²) in [6, 6.07) is 9.79. The molecule has 0 aliphatic rings. The van der Waals surface area contributed by atoms with E-state index < -0.39 is 0 Å². The summed E-state index contributed by atoms with van der Waals surface area (Å²) in [5.41, 5.74) is 6.57. The number of thioether (sulfide) groups is 1. The van der Waals surface area contributed by atoms with E-state index in [2.05, 4.69) is 10.2 Å². The first-order valence-corrected chi connectivity index (χ1v) is 5.36. The van der Waals surface area contributed by atoms with Crippen LogP contribution in [0, 0.1) is 0 Å². The second-order valence-electron chi connectivity index (χ2n) is 2.53. The zero-order valence-corrected chi connectivity index (χ0v) is 8.87. The van der Waals surface area contributed by atoms with Crippen LogP contribution in [0.5, 0.6) is 0 Å². The van der Waals surface area contributed by atoms with Crippen LogP contribution in [0.2, 0.25) is 0 Å². The van der Waals surface area contributed by atoms with Gasteiger partial charge >= 0.3 is 0 Å². The van der Waals surface area contributed by atoms with E-state index >= 15 is 0 Å². The lowest BCUT2D eigenvalue weighted by Crippen LogP contribution is -2.05. The number of hydrogen-bond acceptors (Lipinski definition) is 3. The van der Waals surface area contributed by atoms with Gasteiger partial charge in [-0.1, -0.05) is 49.0 Å². The summed E-state index contributed by atoms with van der Waals surface area (Å²) in [6.07, 6.45) is 1.68. The molecule has 4 heteroatoms. The summed E-state index contributed by atoms with van der Waals surface area (Å²) in [5.74, 6) is 0.913. The Morgan fingerprint density at radius 2 is 2.14 bits per heavy atom. The van der Waals surface area contributed by atoms with Gasteiger partial charge in [0.25, 0.3) is 0 Å². The molecule has 0 heterocycles. The fraction of sp³-hybridized carbons (Fsp3) is 0.200. The third-order valence-corrected chi connectivity index (χ3v) is 2.12. The van der Waals surface area contributed by atoms with Crippen molar-refractivity contribution in [1.29, 1.82) is 0 Å². The molecule has 0 amide bonds. The quantitative estimate of drug-likeness (QED) is 0.469. The fourth-order valence-corrected chi connectivity index (χ4v) is 1.27. The van der Waals surface area contributed by atoms with Gasteiger partial charge in [-0.15, -0.1) is 5.10 Å². The molecular weight excluding hydrogens is 194 g/mol. The molecule has 0 unspecified atom stereocenters. The molecule has 14 heavy (non-hydrogen) atoms. The monoisotopic (exact) mass is 207 g/mol. The molecule has 3 nitrogen and oxygen atoms in total. The van der Waals surface area contributed by atoms with Gasteiger partial charge in [0.15, 0.2) is 5.17 Å². The number of amidine groups is 1. The van der Waals surface area contributed by atoms with Crippen molar-refractivity contribution >= 4 is 23.1 Å². The normalized spacial score (nSPS) is 12.2. The molecule has 0 atom stereocenters. The van der Waals surface area contributed by atoms with Gasteiger partial charge in [-0.05, 0) is 11.3 Å². The van der Waals surface area contributed by atoms with Crippen LogP contribution in [-0.4, -0.2) is 17.1 Å². The van der Waals surface area contributed by atoms with Crippen molar-refractivity contribution in [2.75, 3.05) is 5.75 Å². The van der Waals surface area contributed by atoms with Crippen LogP contribution in [-0.2, 0) is 0 Å². The standard InChI is InChI=1S/C10H13N3S/c1-2-14-10(11)13-12-8-9-6-4-3-5-7-9/h3-8H,2H2,1H3,(H2,11,13)/b12-8-. The van der Waals surface area contributed by atoms with Crippen molar-refractivity contribution in [3.05, 3.63) is 35.9 Å². The second kappa shape index (κ2) is 6.21. The minimum Gasteiger partial charge on any atom is -0.377 e. The van der Waals surface area contributed by atoms with E-state index in [1.54, 1.807) is 6.21 Å². The Morgan fingerprint density at radius 3 is 2.79 bits per heavy atom. The largest absolute Gasteiger partial charge is 0.377 e. The molecule has 2 N–H and O–H groups in total. The van der Waals surface area contributed by atoms with Gasteiger partial charge in [0.1, 0.15) is 0 Å². The van der Waals surface area contributed by atoms with Crippen LogP contribution in [0.3, 0.4) is 0 Å². The van der Waals surface area contributed by atoms with E-state index in [-0.39, 0.29) is 0 Å². The Labute approximate surface area is 88.1 Å². The highest BCUT2D eigenvalue weighted by atomic mass is 32.2. The number of nitrogens with zero attached hydrogens (tertiary/aromatic N) is 2. The molecule has 0 fully saturated rings. The molecule has 1 aromatic rings. The highest BCUT2D eigenvalue weighted by Crippen LogP contribution is 1.98. The van der Waals surface area contributed by atoms with E-state index in [1.807, 2.05) is 37.3 Å². The van der Waals surface area contributed by atoms with Crippen molar-refractivity contribution in [3.63, 3.8) is 0 Å². The molecule has 0 spiro atoms. The molecule has 0 aromatic heterocycles. The van der Waals surface area contributed by atoms with Gasteiger partial charge in [0.2, 0.25) is 0 Å². The van der Waals surface area contributed by atoms with Crippen LogP contribution in [0.15, 0.2) is 40.5 Å². The molecule has 0 radical (unpaired) electrons. The Balaban J connectivity index is 2.53. The van der Waals surface area contributed by atoms with Gasteiger partial charge in [-0.25, -0.2) is 0 Å². The Hall–Kier alpha value is -1.29. The van der Waals surface area contributed by atoms with E-state index in [0.717, 1.165) is 11.3 Å². The van der Waals surface area contributed by atoms with E-state index in [1.165, 1.54) is 11.8 Å². The maximum absolute atomic E-state index is 5.55. The Morgan fingerprint density at radius 1 is 1.43 bits per heavy atom. The number of nitrogens with two attached hydrogens (primary N) is 1. The minimum absolute atomic E-state index is 0.500. The van der Waals surface area contributed by atoms with Crippen molar-refractivity contribution in [1.82, 2.24) is 0 Å². The molecule has 74 valence electrons. The van der Waals surface area contributed by atoms with Gasteiger partial charge in [0, 0.05) is 0 Å². The van der Waals surface area contributed by atoms with Gasteiger partial charge in [-0.3, -0.25) is 0 Å². The zero-order valence-electron chi connectivity index (χ0n) is 8.05. The van der Waals surface area contributed by atoms with E-state index in [4.69, 9.17) is 5.73 Å². The molecular formula is C10H13N3S. The molecule has 0 saturated carbocycles. The third kappa shape index (κ3) is 4.09. The van der Waals surface area contributed by atoms with E-state index in [0.29, 0.717) is 5.17 Å². The fourth-order valence-electron chi connectivity index (χ4n) is 0.868. The summed E-state index contributed by atoms with van der Waals surface area (Å²) in [4.78, 5) is 0. The van der Waals surface area contributed by atoms with Crippen molar-refractivity contribution in [2.24, 2.45) is 15.9 Å². The topological polar surface area (TPSA) is 50.7 Å². The summed E-state index contributed by atoms with van der Waals surface area (Å²) < 4.78 is 0. The van der Waals surface area contributed by atoms with Crippen LogP contribution in [0.25, 0.3) is 0 Å². The first kappa shape index (κ1) is 10.8. The Kier molecular flexibility index (Phi) is 4.78. The van der Waals surface area contributed by atoms with E-state index in [9.17, 15) is 0 Å². The van der Waals surface area contributed by atoms with Crippen molar-refractivity contribution in [3.8, 4) is 0 Å². The molecule has 0 bridgehead atoms. The Bertz CT molecular complexity index is 319. The lowest BCUT2D eigenvalue weighted by atomic mass is 10.2. The molecule has 0 saturated heterocycles. The molecule has 1 aromatic carbocycles. The first-order valence-electron chi connectivity index (χ1n) is 4.37. The first-order chi connectivity index (χ1) is 6.83. The smallest absolute Gasteiger partial charge is 0.180 e. The van der Waals surface area contributed by atoms with Crippen LogP contribution >= 0.6 is 11.8 Å². The van der Waals surface area contributed by atoms with Gasteiger partial charge in [0.05, 0.1) is 6.21 Å². The number of benzene rings is 1. The molecule has 0 aliphatic heterocycles. The number of rotatable bonds is 3. The van der Waals surface area contributed by atoms with Crippen molar-refractivity contribution in [2.45, 2.75) is 6.92 Å². The maximum Gasteiger partial charge on any atom is 0.180 e. The predicted molar refractivity (Wildman–Crippen MR) is 63.8 cm³/mol. The van der Waals surface area contributed by atoms with Crippen LogP contribution in [0.1, 0.15) is 12.5 Å².